The summed E-state index contributed by atoms with van der Waals surface area (Å²) in [4.78, 5) is 10.7. The molecule has 7 heteroatoms. The van der Waals surface area contributed by atoms with E-state index in [4.69, 9.17) is 9.26 Å². The molecule has 0 saturated carbocycles. The number of nitrogens with zero attached hydrogens (tertiary/aromatic N) is 2. The van der Waals surface area contributed by atoms with Crippen LogP contribution >= 0.6 is 0 Å². The molecular formula is C12H13N3O4. The summed E-state index contributed by atoms with van der Waals surface area (Å²) in [6.07, 6.45) is 1.45. The second kappa shape index (κ2) is 5.85. The third-order valence-corrected chi connectivity index (χ3v) is 2.43. The first kappa shape index (κ1) is 12.9. The first-order chi connectivity index (χ1) is 9.22. The summed E-state index contributed by atoms with van der Waals surface area (Å²) in [6.45, 7) is 2.49. The minimum Gasteiger partial charge on any atom is -0.487 e. The Labute approximate surface area is 109 Å². The summed E-state index contributed by atoms with van der Waals surface area (Å²) in [5, 5.41) is 17.8. The van der Waals surface area contributed by atoms with Gasteiger partial charge in [0, 0.05) is 6.07 Å². The molecule has 2 rings (SSSR count). The third kappa shape index (κ3) is 3.01. The highest BCUT2D eigenvalue weighted by molar-refractivity contribution is 5.68. The summed E-state index contributed by atoms with van der Waals surface area (Å²) in [6, 6.07) is 6.58. The van der Waals surface area contributed by atoms with E-state index in [2.05, 4.69) is 10.5 Å². The van der Waals surface area contributed by atoms with Crippen molar-refractivity contribution in [1.29, 1.82) is 0 Å². The van der Waals surface area contributed by atoms with Gasteiger partial charge >= 0.3 is 5.69 Å². The normalized spacial score (nSPS) is 10.2. The van der Waals surface area contributed by atoms with Crippen molar-refractivity contribution in [1.82, 2.24) is 5.16 Å². The number of benzene rings is 1. The maximum absolute atomic E-state index is 11.1. The predicted octanol–water partition coefficient (Wildman–Crippen LogP) is 2.59. The number of rotatable bonds is 6. The van der Waals surface area contributed by atoms with Gasteiger partial charge in [0.25, 0.3) is 0 Å². The van der Waals surface area contributed by atoms with Crippen LogP contribution in [-0.2, 0) is 6.54 Å². The molecule has 0 saturated heterocycles. The molecule has 0 unspecified atom stereocenters. The summed E-state index contributed by atoms with van der Waals surface area (Å²) in [7, 11) is 0. The van der Waals surface area contributed by atoms with Crippen LogP contribution in [0.2, 0.25) is 0 Å². The van der Waals surface area contributed by atoms with Crippen molar-refractivity contribution in [3.05, 3.63) is 46.3 Å². The van der Waals surface area contributed by atoms with E-state index in [9.17, 15) is 10.1 Å². The molecule has 0 aliphatic carbocycles. The van der Waals surface area contributed by atoms with Gasteiger partial charge in [-0.15, -0.1) is 0 Å². The molecule has 0 atom stereocenters. The first-order valence-electron chi connectivity index (χ1n) is 5.75. The molecule has 0 radical (unpaired) electrons. The molecule has 100 valence electrons. The Morgan fingerprint density at radius 2 is 2.32 bits per heavy atom. The molecule has 7 nitrogen and oxygen atoms in total. The summed E-state index contributed by atoms with van der Waals surface area (Å²) in [5.74, 6) is 0.248. The van der Waals surface area contributed by atoms with E-state index in [0.717, 1.165) is 0 Å². The number of hydrogen-bond acceptors (Lipinski definition) is 6. The Morgan fingerprint density at radius 3 is 2.95 bits per heavy atom. The van der Waals surface area contributed by atoms with Crippen molar-refractivity contribution in [3.8, 4) is 5.75 Å². The van der Waals surface area contributed by atoms with Crippen LogP contribution in [0.4, 0.5) is 11.4 Å². The van der Waals surface area contributed by atoms with Crippen LogP contribution < -0.4 is 10.1 Å². The molecule has 0 amide bonds. The van der Waals surface area contributed by atoms with Crippen molar-refractivity contribution in [2.45, 2.75) is 13.5 Å². The Hall–Kier alpha value is -2.57. The molecule has 0 aliphatic rings. The number of nitro groups is 1. The van der Waals surface area contributed by atoms with E-state index in [0.29, 0.717) is 24.5 Å². The van der Waals surface area contributed by atoms with Gasteiger partial charge in [-0.1, -0.05) is 11.2 Å². The SMILES string of the molecule is CCOc1cccc(NCc2ccon2)c1[N+](=O)[O-]. The number of anilines is 1. The second-order valence-corrected chi connectivity index (χ2v) is 3.69. The molecule has 1 N–H and O–H groups in total. The van der Waals surface area contributed by atoms with Gasteiger partial charge < -0.3 is 14.6 Å². The zero-order valence-electron chi connectivity index (χ0n) is 10.3. The van der Waals surface area contributed by atoms with Crippen LogP contribution in [0.3, 0.4) is 0 Å². The number of nitrogens with one attached hydrogen (secondary N) is 1. The van der Waals surface area contributed by atoms with Crippen LogP contribution in [0.25, 0.3) is 0 Å². The highest BCUT2D eigenvalue weighted by atomic mass is 16.6. The Morgan fingerprint density at radius 1 is 1.47 bits per heavy atom. The molecule has 2 aromatic rings. The Balaban J connectivity index is 2.23. The predicted molar refractivity (Wildman–Crippen MR) is 68.1 cm³/mol. The van der Waals surface area contributed by atoms with E-state index in [1.165, 1.54) is 6.26 Å². The van der Waals surface area contributed by atoms with Gasteiger partial charge in [-0.3, -0.25) is 10.1 Å². The zero-order valence-corrected chi connectivity index (χ0v) is 10.3. The van der Waals surface area contributed by atoms with E-state index in [-0.39, 0.29) is 11.4 Å². The number of aromatic nitrogens is 1. The minimum atomic E-state index is -0.462. The van der Waals surface area contributed by atoms with E-state index < -0.39 is 4.92 Å². The molecule has 0 aliphatic heterocycles. The lowest BCUT2D eigenvalue weighted by Crippen LogP contribution is -2.05. The van der Waals surface area contributed by atoms with Gasteiger partial charge in [0.1, 0.15) is 17.6 Å². The minimum absolute atomic E-state index is 0.0761. The van der Waals surface area contributed by atoms with Gasteiger partial charge in [0.15, 0.2) is 5.75 Å². The number of hydrogen-bond donors (Lipinski definition) is 1. The van der Waals surface area contributed by atoms with Crippen molar-refractivity contribution >= 4 is 11.4 Å². The lowest BCUT2D eigenvalue weighted by atomic mass is 10.2. The van der Waals surface area contributed by atoms with E-state index in [1.807, 2.05) is 0 Å². The van der Waals surface area contributed by atoms with Crippen LogP contribution in [0, 0.1) is 10.1 Å². The summed E-state index contributed by atoms with van der Waals surface area (Å²) < 4.78 is 9.95. The summed E-state index contributed by atoms with van der Waals surface area (Å²) in [5.41, 5.74) is 0.975. The molecule has 19 heavy (non-hydrogen) atoms. The van der Waals surface area contributed by atoms with Crippen LogP contribution in [-0.4, -0.2) is 16.7 Å². The molecule has 0 bridgehead atoms. The zero-order chi connectivity index (χ0) is 13.7. The average Bonchev–Trinajstić information content (AvgIpc) is 2.89. The second-order valence-electron chi connectivity index (χ2n) is 3.69. The molecule has 1 aromatic carbocycles. The van der Waals surface area contributed by atoms with Gasteiger partial charge in [0.05, 0.1) is 18.1 Å². The standard InChI is InChI=1S/C12H13N3O4/c1-2-18-11-5-3-4-10(12(11)15(16)17)13-8-9-6-7-19-14-9/h3-7,13H,2,8H2,1H3. The highest BCUT2D eigenvalue weighted by Crippen LogP contribution is 2.34. The molecule has 1 aromatic heterocycles. The van der Waals surface area contributed by atoms with E-state index >= 15 is 0 Å². The number of ether oxygens (including phenoxy) is 1. The Kier molecular flexibility index (Phi) is 3.97. The lowest BCUT2D eigenvalue weighted by molar-refractivity contribution is -0.384. The molecular weight excluding hydrogens is 250 g/mol. The fourth-order valence-corrected chi connectivity index (χ4v) is 1.64. The largest absolute Gasteiger partial charge is 0.487 e. The number of para-hydroxylation sites is 1. The molecule has 0 spiro atoms. The monoisotopic (exact) mass is 263 g/mol. The fraction of sp³-hybridized carbons (Fsp3) is 0.250. The van der Waals surface area contributed by atoms with Crippen LogP contribution in [0.1, 0.15) is 12.6 Å². The van der Waals surface area contributed by atoms with Crippen molar-refractivity contribution < 1.29 is 14.2 Å². The maximum atomic E-state index is 11.1. The third-order valence-electron chi connectivity index (χ3n) is 2.43. The van der Waals surface area contributed by atoms with Gasteiger partial charge in [-0.25, -0.2) is 0 Å². The quantitative estimate of drug-likeness (QED) is 0.636. The molecule has 0 fully saturated rings. The van der Waals surface area contributed by atoms with Gasteiger partial charge in [-0.2, -0.15) is 0 Å². The Bertz CT molecular complexity index is 554. The maximum Gasteiger partial charge on any atom is 0.333 e. The van der Waals surface area contributed by atoms with Crippen molar-refractivity contribution in [2.75, 3.05) is 11.9 Å². The topological polar surface area (TPSA) is 90.4 Å². The summed E-state index contributed by atoms with van der Waals surface area (Å²) >= 11 is 0. The van der Waals surface area contributed by atoms with E-state index in [1.54, 1.807) is 31.2 Å². The average molecular weight is 263 g/mol. The smallest absolute Gasteiger partial charge is 0.333 e. The number of nitro benzene ring substituents is 1. The molecule has 1 heterocycles. The fourth-order valence-electron chi connectivity index (χ4n) is 1.64. The van der Waals surface area contributed by atoms with Gasteiger partial charge in [0.2, 0.25) is 0 Å². The van der Waals surface area contributed by atoms with Crippen LogP contribution in [0.5, 0.6) is 5.75 Å². The van der Waals surface area contributed by atoms with Gasteiger partial charge in [-0.05, 0) is 19.1 Å². The highest BCUT2D eigenvalue weighted by Gasteiger charge is 2.20. The first-order valence-corrected chi connectivity index (χ1v) is 5.75. The van der Waals surface area contributed by atoms with Crippen molar-refractivity contribution in [3.63, 3.8) is 0 Å². The van der Waals surface area contributed by atoms with Crippen molar-refractivity contribution in [2.24, 2.45) is 0 Å². The van der Waals surface area contributed by atoms with Crippen LogP contribution in [0.15, 0.2) is 35.1 Å². The lowest BCUT2D eigenvalue weighted by Gasteiger charge is -2.09.